The molecular weight excluding hydrogens is 360 g/mol. The molecular formula is C17H18N2O6S. The summed E-state index contributed by atoms with van der Waals surface area (Å²) in [7, 11) is -2.32. The SMILES string of the molecule is COc1cccc(NC(=O)COC(=O)CNS(=O)(=O)c2ccccc2)c1. The fourth-order valence-corrected chi connectivity index (χ4v) is 2.92. The molecule has 1 amide bonds. The Morgan fingerprint density at radius 3 is 2.46 bits per heavy atom. The molecule has 0 fully saturated rings. The maximum absolute atomic E-state index is 12.0. The highest BCUT2D eigenvalue weighted by atomic mass is 32.2. The third-order valence-electron chi connectivity index (χ3n) is 3.18. The van der Waals surface area contributed by atoms with E-state index in [0.717, 1.165) is 0 Å². The molecule has 26 heavy (non-hydrogen) atoms. The number of ether oxygens (including phenoxy) is 2. The molecule has 0 bridgehead atoms. The van der Waals surface area contributed by atoms with Crippen LogP contribution in [-0.2, 0) is 24.3 Å². The van der Waals surface area contributed by atoms with Crippen LogP contribution < -0.4 is 14.8 Å². The van der Waals surface area contributed by atoms with Gasteiger partial charge >= 0.3 is 5.97 Å². The standard InChI is InChI=1S/C17H18N2O6S/c1-24-14-7-5-6-13(10-14)19-16(20)12-25-17(21)11-18-26(22,23)15-8-3-2-4-9-15/h2-10,18H,11-12H2,1H3,(H,19,20). The average Bonchev–Trinajstić information content (AvgIpc) is 2.65. The normalized spacial score (nSPS) is 10.8. The molecule has 138 valence electrons. The lowest BCUT2D eigenvalue weighted by molar-refractivity contribution is -0.146. The van der Waals surface area contributed by atoms with Gasteiger partial charge in [0.15, 0.2) is 6.61 Å². The topological polar surface area (TPSA) is 111 Å². The van der Waals surface area contributed by atoms with E-state index in [1.807, 2.05) is 0 Å². The van der Waals surface area contributed by atoms with Gasteiger partial charge in [-0.3, -0.25) is 9.59 Å². The van der Waals surface area contributed by atoms with Crippen molar-refractivity contribution in [1.82, 2.24) is 4.72 Å². The molecule has 2 aromatic carbocycles. The Balaban J connectivity index is 1.78. The second-order valence-electron chi connectivity index (χ2n) is 5.08. The maximum atomic E-state index is 12.0. The Bertz CT molecular complexity index is 868. The van der Waals surface area contributed by atoms with Gasteiger partial charge in [0.05, 0.1) is 12.0 Å². The second-order valence-corrected chi connectivity index (χ2v) is 6.85. The third-order valence-corrected chi connectivity index (χ3v) is 4.59. The van der Waals surface area contributed by atoms with Gasteiger partial charge in [-0.25, -0.2) is 8.42 Å². The molecule has 0 heterocycles. The zero-order chi connectivity index (χ0) is 19.0. The number of rotatable bonds is 8. The number of anilines is 1. The highest BCUT2D eigenvalue weighted by Gasteiger charge is 2.16. The quantitative estimate of drug-likeness (QED) is 0.667. The van der Waals surface area contributed by atoms with Crippen LogP contribution in [0.25, 0.3) is 0 Å². The molecule has 0 aliphatic heterocycles. The zero-order valence-electron chi connectivity index (χ0n) is 14.0. The van der Waals surface area contributed by atoms with Crippen LogP contribution in [-0.4, -0.2) is 40.6 Å². The van der Waals surface area contributed by atoms with Crippen LogP contribution in [0.2, 0.25) is 0 Å². The molecule has 8 nitrogen and oxygen atoms in total. The Morgan fingerprint density at radius 1 is 1.04 bits per heavy atom. The van der Waals surface area contributed by atoms with Crippen molar-refractivity contribution >= 4 is 27.6 Å². The van der Waals surface area contributed by atoms with E-state index in [4.69, 9.17) is 9.47 Å². The van der Waals surface area contributed by atoms with Crippen molar-refractivity contribution in [3.63, 3.8) is 0 Å². The van der Waals surface area contributed by atoms with Gasteiger partial charge in [-0.15, -0.1) is 0 Å². The summed E-state index contributed by atoms with van der Waals surface area (Å²) in [5.41, 5.74) is 0.482. The number of hydrogen-bond acceptors (Lipinski definition) is 6. The van der Waals surface area contributed by atoms with Gasteiger partial charge in [0.2, 0.25) is 10.0 Å². The summed E-state index contributed by atoms with van der Waals surface area (Å²) in [6.45, 7) is -1.12. The molecule has 9 heteroatoms. The van der Waals surface area contributed by atoms with Crippen molar-refractivity contribution < 1.29 is 27.5 Å². The lowest BCUT2D eigenvalue weighted by atomic mass is 10.3. The molecule has 0 aromatic heterocycles. The number of methoxy groups -OCH3 is 1. The van der Waals surface area contributed by atoms with Crippen LogP contribution in [0.5, 0.6) is 5.75 Å². The van der Waals surface area contributed by atoms with Crippen molar-refractivity contribution in [3.05, 3.63) is 54.6 Å². The summed E-state index contributed by atoms with van der Waals surface area (Å²) in [6.07, 6.45) is 0. The molecule has 0 atom stereocenters. The van der Waals surface area contributed by atoms with E-state index >= 15 is 0 Å². The first kappa shape index (κ1) is 19.4. The van der Waals surface area contributed by atoms with E-state index in [2.05, 4.69) is 10.0 Å². The van der Waals surface area contributed by atoms with Gasteiger partial charge in [-0.05, 0) is 24.3 Å². The number of hydrogen-bond donors (Lipinski definition) is 2. The van der Waals surface area contributed by atoms with Gasteiger partial charge < -0.3 is 14.8 Å². The summed E-state index contributed by atoms with van der Waals surface area (Å²) in [6, 6.07) is 14.3. The van der Waals surface area contributed by atoms with E-state index in [1.54, 1.807) is 42.5 Å². The van der Waals surface area contributed by atoms with E-state index < -0.39 is 35.1 Å². The number of esters is 1. The number of benzene rings is 2. The van der Waals surface area contributed by atoms with Crippen LogP contribution in [0.3, 0.4) is 0 Å². The van der Waals surface area contributed by atoms with Crippen molar-refractivity contribution in [3.8, 4) is 5.75 Å². The molecule has 2 N–H and O–H groups in total. The predicted molar refractivity (Wildman–Crippen MR) is 94.2 cm³/mol. The Hall–Kier alpha value is -2.91. The molecule has 2 aromatic rings. The summed E-state index contributed by atoms with van der Waals surface area (Å²) < 4.78 is 35.8. The number of nitrogens with one attached hydrogen (secondary N) is 2. The van der Waals surface area contributed by atoms with E-state index in [-0.39, 0.29) is 4.90 Å². The summed E-state index contributed by atoms with van der Waals surface area (Å²) >= 11 is 0. The lowest BCUT2D eigenvalue weighted by Crippen LogP contribution is -2.32. The minimum atomic E-state index is -3.82. The van der Waals surface area contributed by atoms with E-state index in [1.165, 1.54) is 19.2 Å². The summed E-state index contributed by atoms with van der Waals surface area (Å²) in [4.78, 5) is 23.4. The average molecular weight is 378 g/mol. The van der Waals surface area contributed by atoms with Gasteiger partial charge in [0.25, 0.3) is 5.91 Å². The van der Waals surface area contributed by atoms with Crippen LogP contribution in [0.4, 0.5) is 5.69 Å². The first-order valence-corrected chi connectivity index (χ1v) is 9.03. The summed E-state index contributed by atoms with van der Waals surface area (Å²) in [5, 5.41) is 2.54. The fourth-order valence-electron chi connectivity index (χ4n) is 1.93. The van der Waals surface area contributed by atoms with Crippen LogP contribution in [0.1, 0.15) is 0 Å². The van der Waals surface area contributed by atoms with E-state index in [9.17, 15) is 18.0 Å². The third kappa shape index (κ3) is 5.87. The molecule has 0 unspecified atom stereocenters. The molecule has 0 saturated carbocycles. The van der Waals surface area contributed by atoms with Gasteiger partial charge in [0.1, 0.15) is 12.3 Å². The maximum Gasteiger partial charge on any atom is 0.321 e. The highest BCUT2D eigenvalue weighted by molar-refractivity contribution is 7.89. The van der Waals surface area contributed by atoms with Crippen LogP contribution >= 0.6 is 0 Å². The Morgan fingerprint density at radius 2 is 1.77 bits per heavy atom. The molecule has 0 aliphatic rings. The minimum absolute atomic E-state index is 0.0311. The Kier molecular flexibility index (Phi) is 6.70. The van der Waals surface area contributed by atoms with Crippen LogP contribution in [0, 0.1) is 0 Å². The lowest BCUT2D eigenvalue weighted by Gasteiger charge is -2.09. The molecule has 0 saturated heterocycles. The minimum Gasteiger partial charge on any atom is -0.497 e. The monoisotopic (exact) mass is 378 g/mol. The van der Waals surface area contributed by atoms with Gasteiger partial charge in [0, 0.05) is 11.8 Å². The van der Waals surface area contributed by atoms with Crippen molar-refractivity contribution in [2.75, 3.05) is 25.6 Å². The number of carbonyl (C=O) groups is 2. The van der Waals surface area contributed by atoms with Gasteiger partial charge in [-0.2, -0.15) is 4.72 Å². The van der Waals surface area contributed by atoms with E-state index in [0.29, 0.717) is 11.4 Å². The fraction of sp³-hybridized carbons (Fsp3) is 0.176. The van der Waals surface area contributed by atoms with Crippen LogP contribution in [0.15, 0.2) is 59.5 Å². The van der Waals surface area contributed by atoms with Crippen molar-refractivity contribution in [2.24, 2.45) is 0 Å². The smallest absolute Gasteiger partial charge is 0.321 e. The van der Waals surface area contributed by atoms with Crippen molar-refractivity contribution in [1.29, 1.82) is 0 Å². The molecule has 0 spiro atoms. The first-order chi connectivity index (χ1) is 12.4. The van der Waals surface area contributed by atoms with Gasteiger partial charge in [-0.1, -0.05) is 24.3 Å². The first-order valence-electron chi connectivity index (χ1n) is 7.55. The zero-order valence-corrected chi connectivity index (χ0v) is 14.8. The highest BCUT2D eigenvalue weighted by Crippen LogP contribution is 2.16. The predicted octanol–water partition coefficient (Wildman–Crippen LogP) is 1.16. The Labute approximate surface area is 151 Å². The molecule has 0 aliphatic carbocycles. The largest absolute Gasteiger partial charge is 0.497 e. The van der Waals surface area contributed by atoms with Crippen molar-refractivity contribution in [2.45, 2.75) is 4.90 Å². The number of amides is 1. The second kappa shape index (κ2) is 8.97. The number of sulfonamides is 1. The summed E-state index contributed by atoms with van der Waals surface area (Å²) in [5.74, 6) is -0.863. The molecule has 0 radical (unpaired) electrons. The number of carbonyl (C=O) groups excluding carboxylic acids is 2. The molecule has 2 rings (SSSR count).